The standard InChI is InChI=1S/C19H12BrClN2O5S/c20-13-6-5-12(8-14(13)21)22-16(24)9-23-17(25)15(29-19(23)28)7-10-1-3-11(4-2-10)18(26)27/h1-8H,9H2,(H,22,24)(H,26,27)/b15-7-. The Morgan fingerprint density at radius 1 is 1.17 bits per heavy atom. The fourth-order valence-electron chi connectivity index (χ4n) is 2.43. The first kappa shape index (κ1) is 21.1. The van der Waals surface area contributed by atoms with Crippen LogP contribution in [0.1, 0.15) is 15.9 Å². The molecule has 10 heteroatoms. The van der Waals surface area contributed by atoms with Gasteiger partial charge in [0.05, 0.1) is 15.5 Å². The van der Waals surface area contributed by atoms with Gasteiger partial charge < -0.3 is 10.4 Å². The summed E-state index contributed by atoms with van der Waals surface area (Å²) in [6.07, 6.45) is 1.48. The van der Waals surface area contributed by atoms with Crippen molar-refractivity contribution in [2.45, 2.75) is 0 Å². The molecule has 0 radical (unpaired) electrons. The van der Waals surface area contributed by atoms with Crippen molar-refractivity contribution in [1.82, 2.24) is 4.90 Å². The van der Waals surface area contributed by atoms with Crippen molar-refractivity contribution in [2.24, 2.45) is 0 Å². The number of carbonyl (C=O) groups is 4. The molecule has 3 amide bonds. The summed E-state index contributed by atoms with van der Waals surface area (Å²) in [7, 11) is 0. The summed E-state index contributed by atoms with van der Waals surface area (Å²) in [6, 6.07) is 10.7. The molecular formula is C19H12BrClN2O5S. The molecule has 0 saturated carbocycles. The molecule has 148 valence electrons. The number of thioether (sulfide) groups is 1. The number of hydrogen-bond acceptors (Lipinski definition) is 5. The van der Waals surface area contributed by atoms with Gasteiger partial charge in [-0.1, -0.05) is 23.7 Å². The van der Waals surface area contributed by atoms with Crippen LogP contribution in [-0.2, 0) is 9.59 Å². The smallest absolute Gasteiger partial charge is 0.335 e. The van der Waals surface area contributed by atoms with E-state index in [1.807, 2.05) is 0 Å². The molecule has 1 saturated heterocycles. The summed E-state index contributed by atoms with van der Waals surface area (Å²) in [5, 5.41) is 11.3. The summed E-state index contributed by atoms with van der Waals surface area (Å²) >= 11 is 9.94. The molecule has 1 fully saturated rings. The zero-order chi connectivity index (χ0) is 21.1. The van der Waals surface area contributed by atoms with E-state index >= 15 is 0 Å². The fourth-order valence-corrected chi connectivity index (χ4v) is 3.69. The molecule has 1 heterocycles. The van der Waals surface area contributed by atoms with Crippen LogP contribution in [0.25, 0.3) is 6.08 Å². The third-order valence-electron chi connectivity index (χ3n) is 3.83. The van der Waals surface area contributed by atoms with Gasteiger partial charge in [0.25, 0.3) is 11.1 Å². The first-order valence-electron chi connectivity index (χ1n) is 8.08. The van der Waals surface area contributed by atoms with E-state index in [9.17, 15) is 19.2 Å². The van der Waals surface area contributed by atoms with E-state index in [4.69, 9.17) is 16.7 Å². The van der Waals surface area contributed by atoms with Crippen molar-refractivity contribution >= 4 is 74.1 Å². The zero-order valence-electron chi connectivity index (χ0n) is 14.5. The Bertz CT molecular complexity index is 1060. The van der Waals surface area contributed by atoms with E-state index in [0.29, 0.717) is 32.5 Å². The van der Waals surface area contributed by atoms with Crippen molar-refractivity contribution in [3.05, 3.63) is 68.0 Å². The lowest BCUT2D eigenvalue weighted by Gasteiger charge is -2.12. The van der Waals surface area contributed by atoms with Crippen LogP contribution < -0.4 is 5.32 Å². The Balaban J connectivity index is 1.68. The number of halogens is 2. The van der Waals surface area contributed by atoms with Gasteiger partial charge in [0.2, 0.25) is 5.91 Å². The van der Waals surface area contributed by atoms with Crippen LogP contribution >= 0.6 is 39.3 Å². The number of carbonyl (C=O) groups excluding carboxylic acids is 3. The second kappa shape index (κ2) is 8.81. The van der Waals surface area contributed by atoms with Gasteiger partial charge in [0.15, 0.2) is 0 Å². The second-order valence-corrected chi connectivity index (χ2v) is 8.13. The summed E-state index contributed by atoms with van der Waals surface area (Å²) in [6.45, 7) is -0.437. The molecule has 0 aliphatic carbocycles. The highest BCUT2D eigenvalue weighted by Gasteiger charge is 2.36. The molecule has 2 aromatic carbocycles. The number of anilines is 1. The highest BCUT2D eigenvalue weighted by Crippen LogP contribution is 2.32. The van der Waals surface area contributed by atoms with Crippen molar-refractivity contribution in [2.75, 3.05) is 11.9 Å². The number of carboxylic acid groups (broad SMARTS) is 1. The van der Waals surface area contributed by atoms with E-state index < -0.39 is 29.6 Å². The number of carboxylic acids is 1. The largest absolute Gasteiger partial charge is 0.478 e. The number of rotatable bonds is 5. The Kier molecular flexibility index (Phi) is 6.41. The van der Waals surface area contributed by atoms with Crippen LogP contribution in [0, 0.1) is 0 Å². The van der Waals surface area contributed by atoms with Crippen LogP contribution in [0.3, 0.4) is 0 Å². The summed E-state index contributed by atoms with van der Waals surface area (Å²) in [5.41, 5.74) is 1.11. The molecular weight excluding hydrogens is 484 g/mol. The lowest BCUT2D eigenvalue weighted by molar-refractivity contribution is -0.127. The molecule has 7 nitrogen and oxygen atoms in total. The highest BCUT2D eigenvalue weighted by atomic mass is 79.9. The molecule has 0 spiro atoms. The van der Waals surface area contributed by atoms with E-state index in [1.54, 1.807) is 12.1 Å². The third kappa shape index (κ3) is 5.06. The summed E-state index contributed by atoms with van der Waals surface area (Å²) in [4.78, 5) is 48.8. The SMILES string of the molecule is O=C(CN1C(=O)S/C(=C\c2ccc(C(=O)O)cc2)C1=O)Nc1ccc(Br)c(Cl)c1. The number of amides is 3. The van der Waals surface area contributed by atoms with E-state index in [0.717, 1.165) is 4.90 Å². The predicted molar refractivity (Wildman–Crippen MR) is 114 cm³/mol. The lowest BCUT2D eigenvalue weighted by Crippen LogP contribution is -2.36. The quantitative estimate of drug-likeness (QED) is 0.593. The summed E-state index contributed by atoms with van der Waals surface area (Å²) in [5.74, 6) is -2.20. The summed E-state index contributed by atoms with van der Waals surface area (Å²) < 4.78 is 0.671. The maximum Gasteiger partial charge on any atom is 0.335 e. The molecule has 1 aliphatic heterocycles. The molecule has 2 N–H and O–H groups in total. The number of hydrogen-bond donors (Lipinski definition) is 2. The molecule has 0 bridgehead atoms. The minimum Gasteiger partial charge on any atom is -0.478 e. The molecule has 2 aromatic rings. The van der Waals surface area contributed by atoms with Gasteiger partial charge in [-0.15, -0.1) is 0 Å². The van der Waals surface area contributed by atoms with Crippen LogP contribution in [0.2, 0.25) is 5.02 Å². The Labute approximate surface area is 182 Å². The predicted octanol–water partition coefficient (Wildman–Crippen LogP) is 4.48. The Hall–Kier alpha value is -2.62. The van der Waals surface area contributed by atoms with Crippen LogP contribution in [0.15, 0.2) is 51.8 Å². The Morgan fingerprint density at radius 2 is 1.86 bits per heavy atom. The number of imide groups is 1. The van der Waals surface area contributed by atoms with E-state index in [1.165, 1.54) is 36.4 Å². The monoisotopic (exact) mass is 494 g/mol. The maximum atomic E-state index is 12.5. The topological polar surface area (TPSA) is 104 Å². The minimum atomic E-state index is -1.06. The highest BCUT2D eigenvalue weighted by molar-refractivity contribution is 9.10. The first-order chi connectivity index (χ1) is 13.7. The van der Waals surface area contributed by atoms with E-state index in [2.05, 4.69) is 21.2 Å². The minimum absolute atomic E-state index is 0.111. The van der Waals surface area contributed by atoms with Gasteiger partial charge >= 0.3 is 5.97 Å². The van der Waals surface area contributed by atoms with Crippen LogP contribution in [-0.4, -0.2) is 39.6 Å². The van der Waals surface area contributed by atoms with Crippen molar-refractivity contribution in [1.29, 1.82) is 0 Å². The van der Waals surface area contributed by atoms with Gasteiger partial charge in [0.1, 0.15) is 6.54 Å². The lowest BCUT2D eigenvalue weighted by atomic mass is 10.1. The molecule has 1 aliphatic rings. The van der Waals surface area contributed by atoms with Gasteiger partial charge in [-0.25, -0.2) is 4.79 Å². The number of nitrogens with zero attached hydrogens (tertiary/aromatic N) is 1. The maximum absolute atomic E-state index is 12.5. The second-order valence-electron chi connectivity index (χ2n) is 5.87. The fraction of sp³-hybridized carbons (Fsp3) is 0.0526. The van der Waals surface area contributed by atoms with Gasteiger partial charge in [-0.05, 0) is 69.7 Å². The normalized spacial score (nSPS) is 15.1. The molecule has 29 heavy (non-hydrogen) atoms. The average Bonchev–Trinajstić information content (AvgIpc) is 2.92. The first-order valence-corrected chi connectivity index (χ1v) is 10.1. The number of nitrogens with one attached hydrogen (secondary N) is 1. The molecule has 0 atom stereocenters. The number of benzene rings is 2. The van der Waals surface area contributed by atoms with Crippen molar-refractivity contribution in [3.63, 3.8) is 0 Å². The van der Waals surface area contributed by atoms with Crippen LogP contribution in [0.5, 0.6) is 0 Å². The average molecular weight is 496 g/mol. The van der Waals surface area contributed by atoms with Crippen molar-refractivity contribution in [3.8, 4) is 0 Å². The van der Waals surface area contributed by atoms with Crippen molar-refractivity contribution < 1.29 is 24.3 Å². The van der Waals surface area contributed by atoms with E-state index in [-0.39, 0.29) is 10.5 Å². The molecule has 0 unspecified atom stereocenters. The third-order valence-corrected chi connectivity index (χ3v) is 5.97. The van der Waals surface area contributed by atoms with Gasteiger partial charge in [-0.2, -0.15) is 0 Å². The molecule has 3 rings (SSSR count). The molecule has 0 aromatic heterocycles. The Morgan fingerprint density at radius 3 is 2.48 bits per heavy atom. The van der Waals surface area contributed by atoms with Gasteiger partial charge in [-0.3, -0.25) is 19.3 Å². The van der Waals surface area contributed by atoms with Crippen LogP contribution in [0.4, 0.5) is 10.5 Å². The zero-order valence-corrected chi connectivity index (χ0v) is 17.7. The number of aromatic carboxylic acids is 1. The van der Waals surface area contributed by atoms with Gasteiger partial charge in [0, 0.05) is 10.2 Å².